The van der Waals surface area contributed by atoms with Crippen LogP contribution in [0.3, 0.4) is 0 Å². The quantitative estimate of drug-likeness (QED) is 0.192. The first-order valence-corrected chi connectivity index (χ1v) is 13.4. The lowest BCUT2D eigenvalue weighted by Gasteiger charge is -2.17. The maximum Gasteiger partial charge on any atom is 0.338 e. The third-order valence-electron chi connectivity index (χ3n) is 7.14. The number of halogens is 1. The van der Waals surface area contributed by atoms with Gasteiger partial charge in [0.2, 0.25) is 5.91 Å². The Morgan fingerprint density at radius 1 is 0.780 bits per heavy atom. The van der Waals surface area contributed by atoms with Gasteiger partial charge in [0, 0.05) is 5.39 Å². The molecule has 0 aliphatic heterocycles. The summed E-state index contributed by atoms with van der Waals surface area (Å²) in [5, 5.41) is 4.20. The molecular weight excluding hydrogens is 517 g/mol. The van der Waals surface area contributed by atoms with Gasteiger partial charge >= 0.3 is 5.97 Å². The first kappa shape index (κ1) is 27.6. The predicted octanol–water partition coefficient (Wildman–Crippen LogP) is 7.68. The summed E-state index contributed by atoms with van der Waals surface area (Å²) in [5.74, 6) is -0.834. The molecule has 5 aromatic carbocycles. The molecule has 41 heavy (non-hydrogen) atoms. The monoisotopic (exact) mass is 547 g/mol. The molecular formula is C35H30FNO4. The maximum atomic E-state index is 14.3. The van der Waals surface area contributed by atoms with Gasteiger partial charge in [-0.3, -0.25) is 4.79 Å². The Balaban J connectivity index is 1.25. The van der Waals surface area contributed by atoms with E-state index in [-0.39, 0.29) is 17.7 Å². The van der Waals surface area contributed by atoms with Crippen molar-refractivity contribution in [3.05, 3.63) is 143 Å². The fourth-order valence-corrected chi connectivity index (χ4v) is 4.86. The molecule has 5 nitrogen and oxygen atoms in total. The van der Waals surface area contributed by atoms with E-state index in [9.17, 15) is 14.0 Å². The van der Waals surface area contributed by atoms with Gasteiger partial charge in [0.25, 0.3) is 0 Å². The second-order valence-electron chi connectivity index (χ2n) is 9.82. The highest BCUT2D eigenvalue weighted by Crippen LogP contribution is 2.31. The maximum absolute atomic E-state index is 14.3. The number of amides is 1. The Bertz CT molecular complexity index is 1700. The number of nitrogens with one attached hydrogen (secondary N) is 1. The van der Waals surface area contributed by atoms with Crippen LogP contribution in [0.15, 0.2) is 109 Å². The first-order valence-electron chi connectivity index (χ1n) is 13.4. The van der Waals surface area contributed by atoms with Gasteiger partial charge < -0.3 is 14.8 Å². The number of benzene rings is 5. The Hall–Kier alpha value is -4.97. The molecule has 0 heterocycles. The summed E-state index contributed by atoms with van der Waals surface area (Å²) in [6, 6.07) is 32.9. The average Bonchev–Trinajstić information content (AvgIpc) is 3.01. The Morgan fingerprint density at radius 2 is 1.44 bits per heavy atom. The number of esters is 1. The lowest BCUT2D eigenvalue weighted by atomic mass is 9.94. The van der Waals surface area contributed by atoms with Gasteiger partial charge in [-0.25, -0.2) is 9.18 Å². The predicted molar refractivity (Wildman–Crippen MR) is 159 cm³/mol. The van der Waals surface area contributed by atoms with Crippen LogP contribution < -0.4 is 10.1 Å². The number of fused-ring (bicyclic) bond motifs is 1. The molecule has 6 heteroatoms. The lowest BCUT2D eigenvalue weighted by Crippen LogP contribution is -2.19. The van der Waals surface area contributed by atoms with Crippen molar-refractivity contribution in [1.82, 2.24) is 0 Å². The van der Waals surface area contributed by atoms with E-state index in [2.05, 4.69) is 5.32 Å². The van der Waals surface area contributed by atoms with Crippen LogP contribution in [0, 0.1) is 5.82 Å². The highest BCUT2D eigenvalue weighted by Gasteiger charge is 2.20. The fraction of sp³-hybridized carbons (Fsp3) is 0.143. The molecule has 0 aliphatic rings. The Labute approximate surface area is 238 Å². The Morgan fingerprint density at radius 3 is 2.22 bits per heavy atom. The van der Waals surface area contributed by atoms with Crippen molar-refractivity contribution in [2.24, 2.45) is 0 Å². The van der Waals surface area contributed by atoms with Crippen molar-refractivity contribution in [3.8, 4) is 5.75 Å². The van der Waals surface area contributed by atoms with Crippen LogP contribution >= 0.6 is 0 Å². The zero-order valence-corrected chi connectivity index (χ0v) is 22.9. The van der Waals surface area contributed by atoms with E-state index in [1.54, 1.807) is 30.3 Å². The van der Waals surface area contributed by atoms with E-state index >= 15 is 0 Å². The van der Waals surface area contributed by atoms with Gasteiger partial charge in [-0.05, 0) is 65.3 Å². The van der Waals surface area contributed by atoms with Crippen molar-refractivity contribution in [2.45, 2.75) is 25.9 Å². The first-order chi connectivity index (χ1) is 19.9. The van der Waals surface area contributed by atoms with E-state index in [0.717, 1.165) is 27.6 Å². The molecule has 0 spiro atoms. The average molecular weight is 548 g/mol. The molecule has 1 unspecified atom stereocenters. The molecule has 0 radical (unpaired) electrons. The summed E-state index contributed by atoms with van der Waals surface area (Å²) in [7, 11) is 1.38. The minimum absolute atomic E-state index is 0.214. The molecule has 206 valence electrons. The summed E-state index contributed by atoms with van der Waals surface area (Å²) < 4.78 is 25.3. The van der Waals surface area contributed by atoms with Crippen molar-refractivity contribution in [3.63, 3.8) is 0 Å². The number of rotatable bonds is 9. The van der Waals surface area contributed by atoms with Gasteiger partial charge in [-0.2, -0.15) is 0 Å². The second kappa shape index (κ2) is 12.5. The number of para-hydroxylation sites is 2. The van der Waals surface area contributed by atoms with Crippen molar-refractivity contribution >= 4 is 28.3 Å². The second-order valence-corrected chi connectivity index (χ2v) is 9.82. The van der Waals surface area contributed by atoms with Gasteiger partial charge in [0.1, 0.15) is 18.2 Å². The molecule has 0 saturated carbocycles. The summed E-state index contributed by atoms with van der Waals surface area (Å²) >= 11 is 0. The molecule has 1 atom stereocenters. The molecule has 1 N–H and O–H groups in total. The van der Waals surface area contributed by atoms with Crippen LogP contribution in [0.4, 0.5) is 10.1 Å². The standard InChI is InChI=1S/C35H30FNO4/c1-23(27-19-20-31(36)30-12-6-5-11-29(27)30)34(38)37-32-13-7-8-14-33(32)41-22-25-17-15-24(16-18-25)21-26-9-3-4-10-28(26)35(39)40-2/h3-20,23H,21-22H2,1-2H3,(H,37,38). The third kappa shape index (κ3) is 6.28. The van der Waals surface area contributed by atoms with Crippen LogP contribution in [-0.2, 0) is 22.6 Å². The molecule has 1 amide bonds. The van der Waals surface area contributed by atoms with Gasteiger partial charge in [0.15, 0.2) is 0 Å². The number of hydrogen-bond acceptors (Lipinski definition) is 4. The van der Waals surface area contributed by atoms with E-state index in [0.29, 0.717) is 35.4 Å². The van der Waals surface area contributed by atoms with E-state index in [1.165, 1.54) is 13.2 Å². The molecule has 5 rings (SSSR count). The summed E-state index contributed by atoms with van der Waals surface area (Å²) in [4.78, 5) is 25.3. The number of ether oxygens (including phenoxy) is 2. The molecule has 0 saturated heterocycles. The molecule has 0 aliphatic carbocycles. The largest absolute Gasteiger partial charge is 0.487 e. The highest BCUT2D eigenvalue weighted by atomic mass is 19.1. The number of anilines is 1. The van der Waals surface area contributed by atoms with Gasteiger partial charge in [-0.1, -0.05) is 84.9 Å². The van der Waals surface area contributed by atoms with Gasteiger partial charge in [0.05, 0.1) is 24.3 Å². The Kier molecular flexibility index (Phi) is 8.39. The smallest absolute Gasteiger partial charge is 0.338 e. The zero-order valence-electron chi connectivity index (χ0n) is 22.9. The minimum Gasteiger partial charge on any atom is -0.487 e. The van der Waals surface area contributed by atoms with E-state index < -0.39 is 5.92 Å². The topological polar surface area (TPSA) is 64.6 Å². The summed E-state index contributed by atoms with van der Waals surface area (Å²) in [6.07, 6.45) is 0.600. The molecule has 5 aromatic rings. The van der Waals surface area contributed by atoms with Crippen LogP contribution in [-0.4, -0.2) is 19.0 Å². The normalized spacial score (nSPS) is 11.6. The lowest BCUT2D eigenvalue weighted by molar-refractivity contribution is -0.117. The summed E-state index contributed by atoms with van der Waals surface area (Å²) in [6.45, 7) is 2.12. The highest BCUT2D eigenvalue weighted by molar-refractivity contribution is 6.00. The van der Waals surface area contributed by atoms with Crippen molar-refractivity contribution in [1.29, 1.82) is 0 Å². The number of carbonyl (C=O) groups excluding carboxylic acids is 2. The number of methoxy groups -OCH3 is 1. The zero-order chi connectivity index (χ0) is 28.8. The van der Waals surface area contributed by atoms with Gasteiger partial charge in [-0.15, -0.1) is 0 Å². The van der Waals surface area contributed by atoms with Crippen LogP contribution in [0.5, 0.6) is 5.75 Å². The van der Waals surface area contributed by atoms with E-state index in [4.69, 9.17) is 9.47 Å². The van der Waals surface area contributed by atoms with Crippen molar-refractivity contribution in [2.75, 3.05) is 12.4 Å². The van der Waals surface area contributed by atoms with Crippen molar-refractivity contribution < 1.29 is 23.5 Å². The van der Waals surface area contributed by atoms with Crippen LogP contribution in [0.2, 0.25) is 0 Å². The van der Waals surface area contributed by atoms with E-state index in [1.807, 2.05) is 79.7 Å². The number of hydrogen-bond donors (Lipinski definition) is 1. The summed E-state index contributed by atoms with van der Waals surface area (Å²) in [5.41, 5.74) is 4.79. The minimum atomic E-state index is -0.509. The molecule has 0 aromatic heterocycles. The molecule has 0 bridgehead atoms. The van der Waals surface area contributed by atoms with Crippen LogP contribution in [0.1, 0.15) is 45.5 Å². The third-order valence-corrected chi connectivity index (χ3v) is 7.14. The fourth-order valence-electron chi connectivity index (χ4n) is 4.86. The number of carbonyl (C=O) groups is 2. The van der Waals surface area contributed by atoms with Crippen LogP contribution in [0.25, 0.3) is 10.8 Å². The SMILES string of the molecule is COC(=O)c1ccccc1Cc1ccc(COc2ccccc2NC(=O)C(C)c2ccc(F)c3ccccc23)cc1. The molecule has 0 fully saturated rings.